The summed E-state index contributed by atoms with van der Waals surface area (Å²) in [4.78, 5) is 29.5. The number of methoxy groups -OCH3 is 1. The molecule has 6 nitrogen and oxygen atoms in total. The zero-order valence-electron chi connectivity index (χ0n) is 16.6. The Morgan fingerprint density at radius 2 is 1.93 bits per heavy atom. The Morgan fingerprint density at radius 1 is 1.14 bits per heavy atom. The van der Waals surface area contributed by atoms with Crippen LogP contribution in [0.5, 0.6) is 5.75 Å². The molecule has 2 N–H and O–H groups in total. The number of carbonyl (C=O) groups is 2. The molecule has 0 radical (unpaired) electrons. The van der Waals surface area contributed by atoms with E-state index < -0.39 is 0 Å². The lowest BCUT2D eigenvalue weighted by atomic mass is 10.2. The third-order valence-electron chi connectivity index (χ3n) is 4.65. The van der Waals surface area contributed by atoms with Crippen molar-refractivity contribution in [2.45, 2.75) is 13.3 Å². The SMILES string of the molecule is CCN(C(=O)CCNC(=O)C=Cc1ccc(OC)cc1)c1ccc2[nH]ccc2c1. The minimum absolute atomic E-state index is 0.0261. The van der Waals surface area contributed by atoms with E-state index in [0.29, 0.717) is 6.54 Å². The van der Waals surface area contributed by atoms with Gasteiger partial charge in [-0.05, 0) is 55.0 Å². The molecule has 0 aliphatic rings. The van der Waals surface area contributed by atoms with E-state index in [1.54, 1.807) is 18.1 Å². The number of hydrogen-bond acceptors (Lipinski definition) is 3. The zero-order chi connectivity index (χ0) is 20.6. The fourth-order valence-corrected chi connectivity index (χ4v) is 3.08. The maximum absolute atomic E-state index is 12.6. The van der Waals surface area contributed by atoms with E-state index in [2.05, 4.69) is 10.3 Å². The molecule has 0 saturated carbocycles. The first-order chi connectivity index (χ1) is 14.1. The summed E-state index contributed by atoms with van der Waals surface area (Å²) in [6.45, 7) is 2.79. The lowest BCUT2D eigenvalue weighted by molar-refractivity contribution is -0.119. The van der Waals surface area contributed by atoms with Gasteiger partial charge in [0.2, 0.25) is 11.8 Å². The lowest BCUT2D eigenvalue weighted by Crippen LogP contribution is -2.34. The highest BCUT2D eigenvalue weighted by molar-refractivity contribution is 5.96. The molecular weight excluding hydrogens is 366 g/mol. The van der Waals surface area contributed by atoms with Crippen LogP contribution in [0.15, 0.2) is 60.8 Å². The second-order valence-corrected chi connectivity index (χ2v) is 6.53. The van der Waals surface area contributed by atoms with E-state index in [0.717, 1.165) is 27.9 Å². The van der Waals surface area contributed by atoms with Crippen LogP contribution < -0.4 is 15.0 Å². The summed E-state index contributed by atoms with van der Waals surface area (Å²) < 4.78 is 5.11. The number of nitrogens with zero attached hydrogens (tertiary/aromatic N) is 1. The number of benzene rings is 2. The van der Waals surface area contributed by atoms with E-state index in [9.17, 15) is 9.59 Å². The van der Waals surface area contributed by atoms with Gasteiger partial charge in [-0.15, -0.1) is 0 Å². The van der Waals surface area contributed by atoms with Crippen LogP contribution in [0.3, 0.4) is 0 Å². The summed E-state index contributed by atoms with van der Waals surface area (Å²) in [5.41, 5.74) is 2.79. The van der Waals surface area contributed by atoms with Gasteiger partial charge in [0.1, 0.15) is 5.75 Å². The number of amides is 2. The van der Waals surface area contributed by atoms with Crippen LogP contribution in [0, 0.1) is 0 Å². The summed E-state index contributed by atoms with van der Waals surface area (Å²) in [7, 11) is 1.61. The molecule has 2 amide bonds. The number of rotatable bonds is 8. The summed E-state index contributed by atoms with van der Waals surface area (Å²) in [5, 5.41) is 3.82. The quantitative estimate of drug-likeness (QED) is 0.575. The number of ether oxygens (including phenoxy) is 1. The third-order valence-corrected chi connectivity index (χ3v) is 4.65. The standard InChI is InChI=1S/C23H25N3O3/c1-3-26(19-7-10-21-18(16-19)12-14-24-21)23(28)13-15-25-22(27)11-6-17-4-8-20(29-2)9-5-17/h4-12,14,16,24H,3,13,15H2,1-2H3,(H,25,27). The van der Waals surface area contributed by atoms with E-state index in [1.807, 2.05) is 61.7 Å². The molecule has 0 unspecified atom stereocenters. The van der Waals surface area contributed by atoms with E-state index >= 15 is 0 Å². The van der Waals surface area contributed by atoms with Crippen LogP contribution in [-0.2, 0) is 9.59 Å². The Balaban J connectivity index is 1.50. The molecule has 150 valence electrons. The number of aromatic nitrogens is 1. The second kappa shape index (κ2) is 9.59. The molecule has 1 heterocycles. The van der Waals surface area contributed by atoms with E-state index in [4.69, 9.17) is 4.74 Å². The third kappa shape index (κ3) is 5.25. The van der Waals surface area contributed by atoms with Crippen LogP contribution in [0.1, 0.15) is 18.9 Å². The highest BCUT2D eigenvalue weighted by Gasteiger charge is 2.14. The summed E-state index contributed by atoms with van der Waals surface area (Å²) >= 11 is 0. The van der Waals surface area contributed by atoms with Gasteiger partial charge >= 0.3 is 0 Å². The van der Waals surface area contributed by atoms with Gasteiger partial charge in [0.05, 0.1) is 7.11 Å². The minimum Gasteiger partial charge on any atom is -0.497 e. The first-order valence-corrected chi connectivity index (χ1v) is 9.58. The molecule has 2 aromatic carbocycles. The number of aromatic amines is 1. The van der Waals surface area contributed by atoms with Crippen LogP contribution in [0.25, 0.3) is 17.0 Å². The van der Waals surface area contributed by atoms with Crippen molar-refractivity contribution in [3.8, 4) is 5.75 Å². The Hall–Kier alpha value is -3.54. The number of hydrogen-bond donors (Lipinski definition) is 2. The van der Waals surface area contributed by atoms with Crippen LogP contribution >= 0.6 is 0 Å². The van der Waals surface area contributed by atoms with Gasteiger partial charge in [0.25, 0.3) is 0 Å². The van der Waals surface area contributed by atoms with E-state index in [1.165, 1.54) is 6.08 Å². The van der Waals surface area contributed by atoms with Crippen molar-refractivity contribution in [1.29, 1.82) is 0 Å². The van der Waals surface area contributed by atoms with Crippen molar-refractivity contribution in [3.05, 3.63) is 66.4 Å². The van der Waals surface area contributed by atoms with Crippen molar-refractivity contribution < 1.29 is 14.3 Å². The first kappa shape index (κ1) is 20.2. The molecule has 0 spiro atoms. The maximum Gasteiger partial charge on any atom is 0.244 e. The average Bonchev–Trinajstić information content (AvgIpc) is 3.21. The molecule has 3 aromatic rings. The number of fused-ring (bicyclic) bond motifs is 1. The van der Waals surface area contributed by atoms with Crippen molar-refractivity contribution in [2.75, 3.05) is 25.1 Å². The maximum atomic E-state index is 12.6. The molecule has 0 atom stereocenters. The molecule has 3 rings (SSSR count). The van der Waals surface area contributed by atoms with Gasteiger partial charge in [-0.2, -0.15) is 0 Å². The normalized spacial score (nSPS) is 11.0. The topological polar surface area (TPSA) is 74.4 Å². The largest absolute Gasteiger partial charge is 0.497 e. The zero-order valence-corrected chi connectivity index (χ0v) is 16.6. The predicted molar refractivity (Wildman–Crippen MR) is 116 cm³/mol. The molecule has 29 heavy (non-hydrogen) atoms. The Morgan fingerprint density at radius 3 is 2.66 bits per heavy atom. The minimum atomic E-state index is -0.231. The Labute approximate surface area is 170 Å². The van der Waals surface area contributed by atoms with Gasteiger partial charge in [-0.25, -0.2) is 0 Å². The van der Waals surface area contributed by atoms with Crippen molar-refractivity contribution in [1.82, 2.24) is 10.3 Å². The molecule has 0 aliphatic carbocycles. The number of nitrogens with one attached hydrogen (secondary N) is 2. The Bertz CT molecular complexity index is 1010. The predicted octanol–water partition coefficient (Wildman–Crippen LogP) is 3.75. The van der Waals surface area contributed by atoms with Crippen LogP contribution in [0.4, 0.5) is 5.69 Å². The average molecular weight is 391 g/mol. The number of carbonyl (C=O) groups excluding carboxylic acids is 2. The van der Waals surface area contributed by atoms with Crippen molar-refractivity contribution >= 4 is 34.5 Å². The molecule has 1 aromatic heterocycles. The summed E-state index contributed by atoms with van der Waals surface area (Å²) in [6, 6.07) is 15.3. The lowest BCUT2D eigenvalue weighted by Gasteiger charge is -2.21. The molecule has 0 fully saturated rings. The van der Waals surface area contributed by atoms with Gasteiger partial charge in [-0.3, -0.25) is 9.59 Å². The van der Waals surface area contributed by atoms with Crippen molar-refractivity contribution in [3.63, 3.8) is 0 Å². The van der Waals surface area contributed by atoms with Gasteiger partial charge in [0, 0.05) is 48.4 Å². The number of anilines is 1. The Kier molecular flexibility index (Phi) is 6.68. The fraction of sp³-hybridized carbons (Fsp3) is 0.217. The van der Waals surface area contributed by atoms with Gasteiger partial charge in [0.15, 0.2) is 0 Å². The summed E-state index contributed by atoms with van der Waals surface area (Å²) in [6.07, 6.45) is 5.30. The van der Waals surface area contributed by atoms with Crippen LogP contribution in [-0.4, -0.2) is 37.0 Å². The fourth-order valence-electron chi connectivity index (χ4n) is 3.08. The molecule has 0 saturated heterocycles. The molecule has 0 aliphatic heterocycles. The smallest absolute Gasteiger partial charge is 0.244 e. The molecular formula is C23H25N3O3. The highest BCUT2D eigenvalue weighted by atomic mass is 16.5. The molecule has 6 heteroatoms. The number of H-pyrrole nitrogens is 1. The first-order valence-electron chi connectivity index (χ1n) is 9.58. The molecule has 0 bridgehead atoms. The van der Waals surface area contributed by atoms with Crippen LogP contribution in [0.2, 0.25) is 0 Å². The van der Waals surface area contributed by atoms with Gasteiger partial charge in [-0.1, -0.05) is 12.1 Å². The second-order valence-electron chi connectivity index (χ2n) is 6.53. The van der Waals surface area contributed by atoms with Crippen molar-refractivity contribution in [2.24, 2.45) is 0 Å². The monoisotopic (exact) mass is 391 g/mol. The van der Waals surface area contributed by atoms with E-state index in [-0.39, 0.29) is 24.8 Å². The summed E-state index contributed by atoms with van der Waals surface area (Å²) in [5.74, 6) is 0.508. The highest BCUT2D eigenvalue weighted by Crippen LogP contribution is 2.22. The van der Waals surface area contributed by atoms with Gasteiger partial charge < -0.3 is 19.9 Å².